The number of esters is 3. The molecule has 9 nitrogen and oxygen atoms in total. The van der Waals surface area contributed by atoms with Crippen LogP contribution < -0.4 is 5.73 Å². The number of carbonyl (C=O) groups excluding carboxylic acids is 3. The fourth-order valence-electron chi connectivity index (χ4n) is 2.19. The Morgan fingerprint density at radius 3 is 1.83 bits per heavy atom. The number of hydrogen-bond acceptors (Lipinski definition) is 9. The van der Waals surface area contributed by atoms with Crippen molar-refractivity contribution in [2.45, 2.75) is 57.5 Å². The van der Waals surface area contributed by atoms with E-state index >= 15 is 0 Å². The van der Waals surface area contributed by atoms with Crippen LogP contribution in [0, 0.1) is 5.41 Å². The quantitative estimate of drug-likeness (QED) is 0.314. The van der Waals surface area contributed by atoms with Gasteiger partial charge in [-0.15, -0.1) is 0 Å². The molecule has 1 aliphatic heterocycles. The highest BCUT2D eigenvalue weighted by molar-refractivity contribution is 8.14. The summed E-state index contributed by atoms with van der Waals surface area (Å²) in [5, 5.41) is 7.11. The zero-order valence-corrected chi connectivity index (χ0v) is 14.0. The molecule has 130 valence electrons. The first kappa shape index (κ1) is 19.2. The Balaban J connectivity index is 3.15. The average Bonchev–Trinajstić information content (AvgIpc) is 2.36. The van der Waals surface area contributed by atoms with Gasteiger partial charge in [-0.3, -0.25) is 19.8 Å². The van der Waals surface area contributed by atoms with E-state index in [2.05, 4.69) is 0 Å². The van der Waals surface area contributed by atoms with E-state index in [4.69, 9.17) is 30.1 Å². The second kappa shape index (κ2) is 8.16. The fourth-order valence-corrected chi connectivity index (χ4v) is 3.02. The van der Waals surface area contributed by atoms with Crippen molar-refractivity contribution in [3.8, 4) is 0 Å². The van der Waals surface area contributed by atoms with E-state index in [9.17, 15) is 14.4 Å². The summed E-state index contributed by atoms with van der Waals surface area (Å²) in [5.41, 5.74) is 4.48. The Bertz CT molecular complexity index is 499. The first-order chi connectivity index (χ1) is 10.6. The number of hydrogen-bond donors (Lipinski definition) is 2. The zero-order chi connectivity index (χ0) is 17.7. The van der Waals surface area contributed by atoms with Gasteiger partial charge in [0, 0.05) is 20.8 Å². The minimum Gasteiger partial charge on any atom is -0.456 e. The third kappa shape index (κ3) is 5.71. The summed E-state index contributed by atoms with van der Waals surface area (Å²) in [7, 11) is 0. The lowest BCUT2D eigenvalue weighted by atomic mass is 10.00. The zero-order valence-electron chi connectivity index (χ0n) is 13.2. The van der Waals surface area contributed by atoms with Crippen LogP contribution in [-0.4, -0.2) is 52.9 Å². The monoisotopic (exact) mass is 348 g/mol. The first-order valence-electron chi connectivity index (χ1n) is 6.79. The maximum atomic E-state index is 11.4. The van der Waals surface area contributed by atoms with Crippen molar-refractivity contribution >= 4 is 34.8 Å². The van der Waals surface area contributed by atoms with Gasteiger partial charge in [0.2, 0.25) is 0 Å². The van der Waals surface area contributed by atoms with Gasteiger partial charge in [0.1, 0.15) is 0 Å². The minimum atomic E-state index is -1.08. The van der Waals surface area contributed by atoms with Gasteiger partial charge in [0.15, 0.2) is 28.9 Å². The van der Waals surface area contributed by atoms with Gasteiger partial charge >= 0.3 is 17.9 Å². The Morgan fingerprint density at radius 2 is 1.39 bits per heavy atom. The van der Waals surface area contributed by atoms with Crippen LogP contribution in [0.4, 0.5) is 0 Å². The van der Waals surface area contributed by atoms with E-state index in [-0.39, 0.29) is 5.17 Å². The van der Waals surface area contributed by atoms with Gasteiger partial charge in [0.25, 0.3) is 0 Å². The molecule has 1 heterocycles. The third-order valence-electron chi connectivity index (χ3n) is 2.88. The molecule has 0 unspecified atom stereocenters. The molecule has 23 heavy (non-hydrogen) atoms. The Hall–Kier alpha value is -1.81. The molecule has 5 atom stereocenters. The van der Waals surface area contributed by atoms with Crippen molar-refractivity contribution in [3.63, 3.8) is 0 Å². The molecule has 3 N–H and O–H groups in total. The van der Waals surface area contributed by atoms with Crippen LogP contribution in [0.3, 0.4) is 0 Å². The van der Waals surface area contributed by atoms with Crippen molar-refractivity contribution in [2.75, 3.05) is 0 Å². The van der Waals surface area contributed by atoms with Gasteiger partial charge in [-0.2, -0.15) is 0 Å². The van der Waals surface area contributed by atoms with Crippen molar-refractivity contribution < 1.29 is 33.3 Å². The van der Waals surface area contributed by atoms with Crippen LogP contribution in [0.1, 0.15) is 27.7 Å². The number of carbonyl (C=O) groups is 3. The fraction of sp³-hybridized carbons (Fsp3) is 0.692. The highest BCUT2D eigenvalue weighted by atomic mass is 32.2. The molecule has 1 fully saturated rings. The summed E-state index contributed by atoms with van der Waals surface area (Å²) in [6.45, 7) is 5.18. The van der Waals surface area contributed by atoms with Gasteiger partial charge in [-0.05, 0) is 6.92 Å². The molecule has 0 aliphatic carbocycles. The second-order valence-electron chi connectivity index (χ2n) is 4.91. The normalized spacial score (nSPS) is 30.2. The molecule has 0 spiro atoms. The second-order valence-corrected chi connectivity index (χ2v) is 6.05. The Labute approximate surface area is 137 Å². The van der Waals surface area contributed by atoms with E-state index in [1.807, 2.05) is 0 Å². The number of rotatable bonds is 4. The maximum absolute atomic E-state index is 11.4. The summed E-state index contributed by atoms with van der Waals surface area (Å²) >= 11 is 0.811. The van der Waals surface area contributed by atoms with Crippen LogP contribution in [0.2, 0.25) is 0 Å². The largest absolute Gasteiger partial charge is 0.456 e. The lowest BCUT2D eigenvalue weighted by Gasteiger charge is -2.43. The van der Waals surface area contributed by atoms with E-state index < -0.39 is 47.8 Å². The number of ether oxygens (including phenoxy) is 4. The topological polar surface area (TPSA) is 138 Å². The van der Waals surface area contributed by atoms with Gasteiger partial charge < -0.3 is 24.7 Å². The van der Waals surface area contributed by atoms with E-state index in [0.717, 1.165) is 11.8 Å². The molecule has 0 aromatic carbocycles. The maximum Gasteiger partial charge on any atom is 0.303 e. The molecule has 0 bridgehead atoms. The molecular weight excluding hydrogens is 328 g/mol. The van der Waals surface area contributed by atoms with E-state index in [1.165, 1.54) is 20.8 Å². The molecule has 10 heteroatoms. The highest BCUT2D eigenvalue weighted by Crippen LogP contribution is 2.33. The Morgan fingerprint density at radius 1 is 0.957 bits per heavy atom. The third-order valence-corrected chi connectivity index (χ3v) is 3.74. The molecule has 1 aliphatic rings. The molecule has 0 amide bonds. The summed E-state index contributed by atoms with van der Waals surface area (Å²) in [5.74, 6) is -1.87. The first-order valence-corrected chi connectivity index (χ1v) is 7.67. The minimum absolute atomic E-state index is 0.258. The van der Waals surface area contributed by atoms with E-state index in [1.54, 1.807) is 6.92 Å². The van der Waals surface area contributed by atoms with Crippen molar-refractivity contribution in [1.29, 1.82) is 5.41 Å². The summed E-state index contributed by atoms with van der Waals surface area (Å²) in [6.07, 6.45) is -3.76. The molecule has 0 saturated carbocycles. The standard InChI is InChI=1S/C13H20N2O7S/c1-5-9(20-6(2)16)10(21-7(3)17)11(22-8(4)18)12(19-5)23-13(14)15/h5,9-12H,1-4H3,(H3,14,15)/t5-,9-,10+,11+,12-/m0/s1. The van der Waals surface area contributed by atoms with Crippen LogP contribution in [0.5, 0.6) is 0 Å². The molecule has 1 rings (SSSR count). The summed E-state index contributed by atoms with van der Waals surface area (Å²) in [4.78, 5) is 34.0. The number of amidine groups is 1. The lowest BCUT2D eigenvalue weighted by Crippen LogP contribution is -2.60. The predicted molar refractivity (Wildman–Crippen MR) is 80.5 cm³/mol. The number of thioether (sulfide) groups is 1. The van der Waals surface area contributed by atoms with Gasteiger partial charge in [-0.1, -0.05) is 11.8 Å². The smallest absolute Gasteiger partial charge is 0.303 e. The van der Waals surface area contributed by atoms with E-state index in [0.29, 0.717) is 0 Å². The van der Waals surface area contributed by atoms with Crippen LogP contribution >= 0.6 is 11.8 Å². The predicted octanol–water partition coefficient (Wildman–Crippen LogP) is 0.153. The average molecular weight is 348 g/mol. The van der Waals surface area contributed by atoms with Crippen LogP contribution in [0.15, 0.2) is 0 Å². The van der Waals surface area contributed by atoms with Crippen LogP contribution in [-0.2, 0) is 33.3 Å². The Kier molecular flexibility index (Phi) is 6.82. The molecule has 1 saturated heterocycles. The van der Waals surface area contributed by atoms with Gasteiger partial charge in [-0.25, -0.2) is 0 Å². The van der Waals surface area contributed by atoms with Crippen molar-refractivity contribution in [3.05, 3.63) is 0 Å². The molecule has 0 aromatic rings. The van der Waals surface area contributed by atoms with Crippen molar-refractivity contribution in [2.24, 2.45) is 5.73 Å². The molecular formula is C13H20N2O7S. The highest BCUT2D eigenvalue weighted by Gasteiger charge is 2.50. The SMILES string of the molecule is CC(=O)O[C@@H]1[C@@H](OC(C)=O)[C@H](C)O[C@@H](SC(=N)N)[C@@H]1OC(C)=O. The number of nitrogens with one attached hydrogen (secondary N) is 1. The van der Waals surface area contributed by atoms with Crippen LogP contribution in [0.25, 0.3) is 0 Å². The molecule has 0 aromatic heterocycles. The number of nitrogens with two attached hydrogens (primary N) is 1. The lowest BCUT2D eigenvalue weighted by molar-refractivity contribution is -0.228. The summed E-state index contributed by atoms with van der Waals surface area (Å²) < 4.78 is 21.2. The van der Waals surface area contributed by atoms with Gasteiger partial charge in [0.05, 0.1) is 6.10 Å². The molecule has 0 radical (unpaired) electrons. The van der Waals surface area contributed by atoms with Crippen molar-refractivity contribution in [1.82, 2.24) is 0 Å². The summed E-state index contributed by atoms with van der Waals surface area (Å²) in [6, 6.07) is 0.